The first-order chi connectivity index (χ1) is 7.16. The number of hydrogen-bond donors (Lipinski definition) is 1. The van der Waals surface area contributed by atoms with Crippen LogP contribution in [0.5, 0.6) is 0 Å². The van der Waals surface area contributed by atoms with Crippen LogP contribution in [0.3, 0.4) is 0 Å². The monoisotopic (exact) mass is 206 g/mol. The summed E-state index contributed by atoms with van der Waals surface area (Å²) in [5, 5.41) is 0. The molecule has 0 aromatic carbocycles. The van der Waals surface area contributed by atoms with Gasteiger partial charge in [0.05, 0.1) is 19.1 Å². The SMILES string of the molecule is Cc1cn(Cc2ccoc2)c(=O)[nH]c1=O. The second-order valence-electron chi connectivity index (χ2n) is 3.33. The minimum absolute atomic E-state index is 0.344. The first kappa shape index (κ1) is 9.51. The molecular weight excluding hydrogens is 196 g/mol. The molecule has 5 nitrogen and oxygen atoms in total. The van der Waals surface area contributed by atoms with Crippen LogP contribution in [0, 0.1) is 6.92 Å². The maximum Gasteiger partial charge on any atom is 0.328 e. The molecular formula is C10H10N2O3. The number of nitrogens with one attached hydrogen (secondary N) is 1. The van der Waals surface area contributed by atoms with E-state index < -0.39 is 5.69 Å². The van der Waals surface area contributed by atoms with Crippen LogP contribution in [-0.2, 0) is 6.54 Å². The van der Waals surface area contributed by atoms with Gasteiger partial charge in [-0.3, -0.25) is 14.3 Å². The highest BCUT2D eigenvalue weighted by Gasteiger charge is 2.02. The van der Waals surface area contributed by atoms with Gasteiger partial charge in [-0.05, 0) is 13.0 Å². The number of aryl methyl sites for hydroxylation is 1. The van der Waals surface area contributed by atoms with Gasteiger partial charge in [0.2, 0.25) is 0 Å². The maximum absolute atomic E-state index is 11.4. The first-order valence-electron chi connectivity index (χ1n) is 4.48. The van der Waals surface area contributed by atoms with Crippen molar-refractivity contribution in [1.82, 2.24) is 9.55 Å². The van der Waals surface area contributed by atoms with Gasteiger partial charge in [0, 0.05) is 17.3 Å². The molecule has 2 rings (SSSR count). The lowest BCUT2D eigenvalue weighted by Gasteiger charge is -2.03. The lowest BCUT2D eigenvalue weighted by atomic mass is 10.3. The lowest BCUT2D eigenvalue weighted by molar-refractivity contribution is 0.561. The van der Waals surface area contributed by atoms with E-state index >= 15 is 0 Å². The second-order valence-corrected chi connectivity index (χ2v) is 3.33. The third-order valence-corrected chi connectivity index (χ3v) is 2.12. The van der Waals surface area contributed by atoms with Crippen LogP contribution in [0.1, 0.15) is 11.1 Å². The van der Waals surface area contributed by atoms with E-state index in [2.05, 4.69) is 4.98 Å². The number of aromatic nitrogens is 2. The zero-order valence-electron chi connectivity index (χ0n) is 8.19. The van der Waals surface area contributed by atoms with Crippen molar-refractivity contribution in [1.29, 1.82) is 0 Å². The molecule has 0 aliphatic heterocycles. The Morgan fingerprint density at radius 1 is 1.47 bits per heavy atom. The van der Waals surface area contributed by atoms with Gasteiger partial charge in [0.1, 0.15) is 0 Å². The summed E-state index contributed by atoms with van der Waals surface area (Å²) in [5.74, 6) is 0. The van der Waals surface area contributed by atoms with Crippen LogP contribution in [0.25, 0.3) is 0 Å². The van der Waals surface area contributed by atoms with E-state index in [0.29, 0.717) is 12.1 Å². The largest absolute Gasteiger partial charge is 0.472 e. The van der Waals surface area contributed by atoms with Gasteiger partial charge >= 0.3 is 5.69 Å². The third-order valence-electron chi connectivity index (χ3n) is 2.12. The highest BCUT2D eigenvalue weighted by Crippen LogP contribution is 2.01. The molecule has 0 aliphatic carbocycles. The highest BCUT2D eigenvalue weighted by molar-refractivity contribution is 5.08. The molecule has 2 aromatic heterocycles. The molecule has 0 unspecified atom stereocenters. The quantitative estimate of drug-likeness (QED) is 0.777. The molecule has 0 radical (unpaired) electrons. The summed E-state index contributed by atoms with van der Waals surface area (Å²) in [6, 6.07) is 1.77. The van der Waals surface area contributed by atoms with Crippen LogP contribution in [0.15, 0.2) is 38.8 Å². The average Bonchev–Trinajstić information content (AvgIpc) is 2.67. The van der Waals surface area contributed by atoms with Gasteiger partial charge in [-0.25, -0.2) is 4.79 Å². The van der Waals surface area contributed by atoms with E-state index in [4.69, 9.17) is 4.42 Å². The zero-order chi connectivity index (χ0) is 10.8. The Morgan fingerprint density at radius 3 is 2.93 bits per heavy atom. The van der Waals surface area contributed by atoms with Crippen molar-refractivity contribution >= 4 is 0 Å². The second kappa shape index (κ2) is 3.61. The lowest BCUT2D eigenvalue weighted by Crippen LogP contribution is -2.30. The smallest absolute Gasteiger partial charge is 0.328 e. The Balaban J connectivity index is 2.42. The van der Waals surface area contributed by atoms with Crippen molar-refractivity contribution in [2.45, 2.75) is 13.5 Å². The van der Waals surface area contributed by atoms with E-state index in [1.807, 2.05) is 0 Å². The Kier molecular flexibility index (Phi) is 2.29. The van der Waals surface area contributed by atoms with E-state index in [1.54, 1.807) is 25.5 Å². The van der Waals surface area contributed by atoms with Crippen LogP contribution in [-0.4, -0.2) is 9.55 Å². The number of hydrogen-bond acceptors (Lipinski definition) is 3. The zero-order valence-corrected chi connectivity index (χ0v) is 8.19. The number of aromatic amines is 1. The summed E-state index contributed by atoms with van der Waals surface area (Å²) in [7, 11) is 0. The molecule has 0 amide bonds. The summed E-state index contributed by atoms with van der Waals surface area (Å²) >= 11 is 0. The normalized spacial score (nSPS) is 10.5. The standard InChI is InChI=1S/C10H10N2O3/c1-7-4-12(10(14)11-9(7)13)5-8-2-3-15-6-8/h2-4,6H,5H2,1H3,(H,11,13,14). The summed E-state index contributed by atoms with van der Waals surface area (Å²) in [6.45, 7) is 2.05. The summed E-state index contributed by atoms with van der Waals surface area (Å²) in [5.41, 5.74) is 0.636. The van der Waals surface area contributed by atoms with E-state index in [-0.39, 0.29) is 5.56 Å². The Morgan fingerprint density at radius 2 is 2.27 bits per heavy atom. The molecule has 0 saturated carbocycles. The van der Waals surface area contributed by atoms with Crippen molar-refractivity contribution in [3.05, 3.63) is 56.8 Å². The summed E-state index contributed by atoms with van der Waals surface area (Å²) in [6.07, 6.45) is 4.64. The molecule has 2 heterocycles. The molecule has 15 heavy (non-hydrogen) atoms. The van der Waals surface area contributed by atoms with Crippen molar-refractivity contribution in [2.75, 3.05) is 0 Å². The Labute approximate surface area is 85.0 Å². The molecule has 0 spiro atoms. The molecule has 1 N–H and O–H groups in total. The molecule has 2 aromatic rings. The number of furan rings is 1. The third kappa shape index (κ3) is 1.90. The number of rotatable bonds is 2. The Hall–Kier alpha value is -2.04. The van der Waals surface area contributed by atoms with E-state index in [1.165, 1.54) is 10.8 Å². The predicted molar refractivity (Wildman–Crippen MR) is 53.9 cm³/mol. The van der Waals surface area contributed by atoms with Gasteiger partial charge in [-0.1, -0.05) is 0 Å². The fourth-order valence-electron chi connectivity index (χ4n) is 1.32. The highest BCUT2D eigenvalue weighted by atomic mass is 16.3. The van der Waals surface area contributed by atoms with E-state index in [0.717, 1.165) is 5.56 Å². The van der Waals surface area contributed by atoms with Crippen molar-refractivity contribution in [3.8, 4) is 0 Å². The predicted octanol–water partition coefficient (Wildman–Crippen LogP) is 0.486. The summed E-state index contributed by atoms with van der Waals surface area (Å²) < 4.78 is 6.33. The number of nitrogens with zero attached hydrogens (tertiary/aromatic N) is 1. The van der Waals surface area contributed by atoms with Gasteiger partial charge in [0.15, 0.2) is 0 Å². The van der Waals surface area contributed by atoms with Gasteiger partial charge in [-0.15, -0.1) is 0 Å². The molecule has 0 fully saturated rings. The minimum Gasteiger partial charge on any atom is -0.472 e. The molecule has 78 valence electrons. The fraction of sp³-hybridized carbons (Fsp3) is 0.200. The van der Waals surface area contributed by atoms with E-state index in [9.17, 15) is 9.59 Å². The molecule has 0 aliphatic rings. The van der Waals surface area contributed by atoms with Crippen molar-refractivity contribution in [2.24, 2.45) is 0 Å². The first-order valence-corrected chi connectivity index (χ1v) is 4.48. The summed E-state index contributed by atoms with van der Waals surface area (Å²) in [4.78, 5) is 24.7. The van der Waals surface area contributed by atoms with Gasteiger partial charge in [-0.2, -0.15) is 0 Å². The number of H-pyrrole nitrogens is 1. The topological polar surface area (TPSA) is 68.0 Å². The van der Waals surface area contributed by atoms with Crippen LogP contribution in [0.2, 0.25) is 0 Å². The van der Waals surface area contributed by atoms with Crippen LogP contribution in [0.4, 0.5) is 0 Å². The van der Waals surface area contributed by atoms with Crippen molar-refractivity contribution < 1.29 is 4.42 Å². The molecule has 5 heteroatoms. The maximum atomic E-state index is 11.4. The van der Waals surface area contributed by atoms with Crippen LogP contribution >= 0.6 is 0 Å². The van der Waals surface area contributed by atoms with Crippen molar-refractivity contribution in [3.63, 3.8) is 0 Å². The minimum atomic E-state index is -0.410. The molecule has 0 bridgehead atoms. The molecule has 0 saturated heterocycles. The van der Waals surface area contributed by atoms with Gasteiger partial charge in [0.25, 0.3) is 5.56 Å². The fourth-order valence-corrected chi connectivity index (χ4v) is 1.32. The Bertz CT molecular complexity index is 563. The molecule has 0 atom stereocenters. The van der Waals surface area contributed by atoms with Gasteiger partial charge < -0.3 is 4.42 Å². The average molecular weight is 206 g/mol. The van der Waals surface area contributed by atoms with Crippen LogP contribution < -0.4 is 11.2 Å².